The Bertz CT molecular complexity index is 238. The molecule has 0 aromatic rings. The molecule has 9 heteroatoms. The molecule has 2 radical (unpaired) electrons. The molecule has 0 aliphatic carbocycles. The molecule has 0 amide bonds. The van der Waals surface area contributed by atoms with Gasteiger partial charge in [0, 0.05) is 80.9 Å². The van der Waals surface area contributed by atoms with E-state index in [1.807, 2.05) is 0 Å². The van der Waals surface area contributed by atoms with Gasteiger partial charge in [-0.3, -0.25) is 9.59 Å². The second-order valence-electron chi connectivity index (χ2n) is 2.48. The summed E-state index contributed by atoms with van der Waals surface area (Å²) in [4.78, 5) is 30.5. The van der Waals surface area contributed by atoms with Gasteiger partial charge in [0.25, 0.3) is 0 Å². The minimum atomic E-state index is -2.74. The van der Waals surface area contributed by atoms with Crippen LogP contribution in [0.15, 0.2) is 0 Å². The molecule has 0 heterocycles. The van der Waals surface area contributed by atoms with Gasteiger partial charge < -0.3 is 20.4 Å². The molecule has 4 N–H and O–H groups in total. The summed E-state index contributed by atoms with van der Waals surface area (Å²) in [6.45, 7) is 0. The molecule has 15 heavy (non-hydrogen) atoms. The Hall–Kier alpha value is 1.01. The van der Waals surface area contributed by atoms with Gasteiger partial charge in [-0.25, -0.2) is 4.79 Å². The minimum Gasteiger partial charge on any atom is -0.481 e. The Morgan fingerprint density at radius 3 is 1.33 bits per heavy atom. The predicted molar refractivity (Wildman–Crippen MR) is 48.6 cm³/mol. The van der Waals surface area contributed by atoms with Crippen molar-refractivity contribution in [2.75, 3.05) is 0 Å². The molecule has 76 valence electrons. The first-order valence-corrected chi connectivity index (χ1v) is 3.17. The molecule has 0 unspecified atom stereocenters. The summed E-state index contributed by atoms with van der Waals surface area (Å²) in [6.07, 6.45) is -2.29. The van der Waals surface area contributed by atoms with Gasteiger partial charge in [-0.05, 0) is 0 Å². The number of carbonyl (C=O) groups is 3. The Kier molecular flexibility index (Phi) is 12.9. The smallest absolute Gasteiger partial charge is 0.336 e. The second kappa shape index (κ2) is 9.08. The molecular weight excluding hydrogens is 246 g/mol. The number of carboxylic acid groups (broad SMARTS) is 3. The van der Waals surface area contributed by atoms with E-state index in [0.29, 0.717) is 0 Å². The Morgan fingerprint density at radius 1 is 0.933 bits per heavy atom. The Labute approximate surface area is 150 Å². The third-order valence-corrected chi connectivity index (χ3v) is 1.29. The molecule has 0 atom stereocenters. The van der Waals surface area contributed by atoms with Crippen molar-refractivity contribution in [1.82, 2.24) is 0 Å². The van der Waals surface area contributed by atoms with Crippen molar-refractivity contribution in [3.8, 4) is 0 Å². The molecule has 0 spiro atoms. The van der Waals surface area contributed by atoms with Gasteiger partial charge in [-0.1, -0.05) is 0 Å². The van der Waals surface area contributed by atoms with Crippen LogP contribution >= 0.6 is 0 Å². The Morgan fingerprint density at radius 2 is 1.20 bits per heavy atom. The zero-order valence-corrected chi connectivity index (χ0v) is 13.6. The fraction of sp³-hybridized carbons (Fsp3) is 0.500. The van der Waals surface area contributed by atoms with Crippen LogP contribution < -0.4 is 0 Å². The summed E-state index contributed by atoms with van der Waals surface area (Å²) >= 11 is 0. The predicted octanol–water partition coefficient (Wildman–Crippen LogP) is -2.01. The molecule has 0 aliphatic heterocycles. The fourth-order valence-electron chi connectivity index (χ4n) is 0.714. The maximum absolute atomic E-state index is 10.3. The molecule has 7 nitrogen and oxygen atoms in total. The van der Waals surface area contributed by atoms with Crippen LogP contribution in [-0.2, 0) is 14.4 Å². The number of hydrogen-bond acceptors (Lipinski definition) is 4. The van der Waals surface area contributed by atoms with Crippen molar-refractivity contribution < 1.29 is 34.8 Å². The molecule has 0 saturated carbocycles. The van der Waals surface area contributed by atoms with Crippen molar-refractivity contribution in [1.29, 1.82) is 0 Å². The van der Waals surface area contributed by atoms with Crippen LogP contribution in [0.1, 0.15) is 12.8 Å². The van der Waals surface area contributed by atoms with Crippen LogP contribution in [0, 0.1) is 0 Å². The van der Waals surface area contributed by atoms with E-state index in [-0.39, 0.29) is 80.9 Å². The minimum absolute atomic E-state index is 0. The average molecular weight is 254 g/mol. The van der Waals surface area contributed by atoms with Gasteiger partial charge in [0.2, 0.25) is 0 Å². The largest absolute Gasteiger partial charge is 0.481 e. The van der Waals surface area contributed by atoms with Gasteiger partial charge in [0.15, 0.2) is 5.60 Å². The summed E-state index contributed by atoms with van der Waals surface area (Å²) < 4.78 is 0. The van der Waals surface area contributed by atoms with E-state index in [1.54, 1.807) is 0 Å². The number of carboxylic acids is 3. The van der Waals surface area contributed by atoms with E-state index in [0.717, 1.165) is 0 Å². The van der Waals surface area contributed by atoms with Gasteiger partial charge >= 0.3 is 17.9 Å². The molecule has 0 rings (SSSR count). The van der Waals surface area contributed by atoms with Gasteiger partial charge in [0.05, 0.1) is 12.8 Å². The van der Waals surface area contributed by atoms with Crippen LogP contribution in [0.25, 0.3) is 0 Å². The quantitative estimate of drug-likeness (QED) is 0.417. The molecule has 0 bridgehead atoms. The van der Waals surface area contributed by atoms with Crippen LogP contribution in [0.2, 0.25) is 0 Å². The second-order valence-corrected chi connectivity index (χ2v) is 2.48. The first-order chi connectivity index (χ1) is 5.78. The van der Waals surface area contributed by atoms with E-state index >= 15 is 0 Å². The van der Waals surface area contributed by atoms with Crippen LogP contribution in [0.4, 0.5) is 0 Å². The maximum Gasteiger partial charge on any atom is 0.336 e. The Balaban J connectivity index is -0.000000720. The summed E-state index contributed by atoms with van der Waals surface area (Å²) in [6, 6.07) is 0. The third-order valence-electron chi connectivity index (χ3n) is 1.29. The summed E-state index contributed by atoms with van der Waals surface area (Å²) in [7, 11) is 0. The standard InChI is InChI=1S/C6H8O7.K.Na/c7-3(8)1-6(13,5(11)12)2-4(9)10;;/h13H,1-2H2,(H,7,8)(H,9,10)(H,11,12);;. The zero-order chi connectivity index (χ0) is 10.6. The van der Waals surface area contributed by atoms with E-state index in [1.165, 1.54) is 0 Å². The molecule has 0 fully saturated rings. The van der Waals surface area contributed by atoms with Crippen molar-refractivity contribution in [3.63, 3.8) is 0 Å². The molecule has 0 aliphatic rings. The van der Waals surface area contributed by atoms with E-state index in [2.05, 4.69) is 0 Å². The average Bonchev–Trinajstić information content (AvgIpc) is 1.82. The van der Waals surface area contributed by atoms with Gasteiger partial charge in [-0.15, -0.1) is 0 Å². The van der Waals surface area contributed by atoms with E-state index in [9.17, 15) is 14.4 Å². The van der Waals surface area contributed by atoms with Crippen molar-refractivity contribution in [2.45, 2.75) is 18.4 Å². The number of rotatable bonds is 5. The number of aliphatic carboxylic acids is 3. The van der Waals surface area contributed by atoms with Crippen LogP contribution in [0.5, 0.6) is 0 Å². The molecule has 0 saturated heterocycles. The van der Waals surface area contributed by atoms with Crippen LogP contribution in [0.3, 0.4) is 0 Å². The van der Waals surface area contributed by atoms with Gasteiger partial charge in [-0.2, -0.15) is 0 Å². The molecule has 0 aromatic heterocycles. The maximum atomic E-state index is 10.3. The van der Waals surface area contributed by atoms with Crippen molar-refractivity contribution >= 4 is 98.8 Å². The monoisotopic (exact) mass is 254 g/mol. The van der Waals surface area contributed by atoms with Crippen molar-refractivity contribution in [3.05, 3.63) is 0 Å². The van der Waals surface area contributed by atoms with E-state index in [4.69, 9.17) is 20.4 Å². The molecular formula is C6H8KNaO7. The van der Waals surface area contributed by atoms with Crippen LogP contribution in [-0.4, -0.2) is 125 Å². The molecule has 0 aromatic carbocycles. The first-order valence-electron chi connectivity index (χ1n) is 3.17. The van der Waals surface area contributed by atoms with E-state index < -0.39 is 36.4 Å². The summed E-state index contributed by atoms with van der Waals surface area (Å²) in [5.41, 5.74) is -2.74. The number of hydrogen-bond donors (Lipinski definition) is 4. The third kappa shape index (κ3) is 8.78. The van der Waals surface area contributed by atoms with Crippen molar-refractivity contribution in [2.24, 2.45) is 0 Å². The number of aliphatic hydroxyl groups is 1. The first kappa shape index (κ1) is 21.3. The normalized spacial score (nSPS) is 9.40. The topological polar surface area (TPSA) is 132 Å². The summed E-state index contributed by atoms with van der Waals surface area (Å²) in [5, 5.41) is 33.8. The summed E-state index contributed by atoms with van der Waals surface area (Å²) in [5.74, 6) is -5.02. The zero-order valence-electron chi connectivity index (χ0n) is 8.43. The van der Waals surface area contributed by atoms with Gasteiger partial charge in [0.1, 0.15) is 0 Å². The fourth-order valence-corrected chi connectivity index (χ4v) is 0.714. The SMILES string of the molecule is O=C(O)CC(O)(CC(=O)O)C(=O)O.[K].[Na].